The van der Waals surface area contributed by atoms with Crippen molar-refractivity contribution in [3.05, 3.63) is 18.2 Å². The van der Waals surface area contributed by atoms with E-state index in [4.69, 9.17) is 10.5 Å². The number of benzene rings is 1. The van der Waals surface area contributed by atoms with Crippen LogP contribution in [0.25, 0.3) is 0 Å². The first-order valence-corrected chi connectivity index (χ1v) is 7.19. The van der Waals surface area contributed by atoms with E-state index in [1.807, 2.05) is 0 Å². The van der Waals surface area contributed by atoms with Gasteiger partial charge in [0, 0.05) is 5.69 Å². The Balaban J connectivity index is 2.04. The van der Waals surface area contributed by atoms with Gasteiger partial charge in [0.05, 0.1) is 11.7 Å². The Bertz CT molecular complexity index is 545. The van der Waals surface area contributed by atoms with Gasteiger partial charge in [-0.15, -0.1) is 0 Å². The van der Waals surface area contributed by atoms with Gasteiger partial charge in [0.2, 0.25) is 5.91 Å². The van der Waals surface area contributed by atoms with E-state index < -0.39 is 12.1 Å². The number of unbranched alkanes of at least 4 members (excludes halogenated alkanes) is 1. The maximum absolute atomic E-state index is 11.9. The van der Waals surface area contributed by atoms with Crippen molar-refractivity contribution in [1.29, 1.82) is 0 Å². The monoisotopic (exact) mass is 291 g/mol. The lowest BCUT2D eigenvalue weighted by Crippen LogP contribution is -2.36. The second-order valence-corrected chi connectivity index (χ2v) is 5.20. The van der Waals surface area contributed by atoms with Gasteiger partial charge in [0.15, 0.2) is 6.10 Å². The van der Waals surface area contributed by atoms with E-state index >= 15 is 0 Å². The minimum atomic E-state index is -0.521. The van der Waals surface area contributed by atoms with Crippen LogP contribution < -0.4 is 21.1 Å². The summed E-state index contributed by atoms with van der Waals surface area (Å²) in [7, 11) is 0. The largest absolute Gasteiger partial charge is 0.479 e. The van der Waals surface area contributed by atoms with Gasteiger partial charge in [0.25, 0.3) is 5.91 Å². The third-order valence-electron chi connectivity index (χ3n) is 3.38. The molecule has 0 spiro atoms. The summed E-state index contributed by atoms with van der Waals surface area (Å²) in [6, 6.07) is 4.60. The lowest BCUT2D eigenvalue weighted by molar-refractivity contribution is -0.122. The molecule has 114 valence electrons. The van der Waals surface area contributed by atoms with Crippen LogP contribution in [0.4, 0.5) is 11.4 Å². The molecule has 2 rings (SSSR count). The molecule has 1 aromatic rings. The van der Waals surface area contributed by atoms with Crippen LogP contribution >= 0.6 is 0 Å². The van der Waals surface area contributed by atoms with Crippen molar-refractivity contribution in [2.45, 2.75) is 45.3 Å². The molecule has 1 aromatic carbocycles. The molecule has 0 bridgehead atoms. The molecular formula is C15H21N3O3. The van der Waals surface area contributed by atoms with Gasteiger partial charge in [-0.3, -0.25) is 9.59 Å². The number of nitrogens with two attached hydrogens (primary N) is 1. The van der Waals surface area contributed by atoms with Crippen LogP contribution in [0, 0.1) is 0 Å². The van der Waals surface area contributed by atoms with E-state index in [0.717, 1.165) is 12.8 Å². The number of fused-ring (bicyclic) bond motifs is 1. The molecule has 1 aliphatic rings. The Morgan fingerprint density at radius 2 is 2.29 bits per heavy atom. The summed E-state index contributed by atoms with van der Waals surface area (Å²) >= 11 is 0. The lowest BCUT2D eigenvalue weighted by Gasteiger charge is -2.23. The van der Waals surface area contributed by atoms with Gasteiger partial charge in [-0.25, -0.2) is 0 Å². The highest BCUT2D eigenvalue weighted by Crippen LogP contribution is 2.32. The van der Waals surface area contributed by atoms with Gasteiger partial charge in [-0.2, -0.15) is 0 Å². The fourth-order valence-electron chi connectivity index (χ4n) is 2.08. The highest BCUT2D eigenvalue weighted by Gasteiger charge is 2.23. The van der Waals surface area contributed by atoms with E-state index in [9.17, 15) is 9.59 Å². The topological polar surface area (TPSA) is 93.5 Å². The molecule has 1 heterocycles. The Hall–Kier alpha value is -2.08. The lowest BCUT2D eigenvalue weighted by atomic mass is 10.1. The van der Waals surface area contributed by atoms with Crippen molar-refractivity contribution in [2.24, 2.45) is 5.73 Å². The number of hydrogen-bond acceptors (Lipinski definition) is 4. The number of nitrogens with one attached hydrogen (secondary N) is 2. The van der Waals surface area contributed by atoms with Crippen LogP contribution in [0.5, 0.6) is 5.75 Å². The van der Waals surface area contributed by atoms with E-state index in [1.165, 1.54) is 0 Å². The summed E-state index contributed by atoms with van der Waals surface area (Å²) in [6.07, 6.45) is 2.06. The minimum Gasteiger partial charge on any atom is -0.479 e. The van der Waals surface area contributed by atoms with E-state index in [1.54, 1.807) is 25.1 Å². The summed E-state index contributed by atoms with van der Waals surface area (Å²) in [5, 5.41) is 5.50. The smallest absolute Gasteiger partial charge is 0.265 e. The summed E-state index contributed by atoms with van der Waals surface area (Å²) in [4.78, 5) is 23.5. The van der Waals surface area contributed by atoms with Crippen LogP contribution in [-0.4, -0.2) is 24.0 Å². The molecule has 1 unspecified atom stereocenters. The molecule has 6 heteroatoms. The fraction of sp³-hybridized carbons (Fsp3) is 0.467. The van der Waals surface area contributed by atoms with Crippen LogP contribution in [0.3, 0.4) is 0 Å². The second kappa shape index (κ2) is 6.58. The van der Waals surface area contributed by atoms with Crippen LogP contribution in [0.15, 0.2) is 18.2 Å². The fourth-order valence-corrected chi connectivity index (χ4v) is 2.08. The van der Waals surface area contributed by atoms with Crippen LogP contribution in [0.2, 0.25) is 0 Å². The Labute approximate surface area is 124 Å². The molecule has 2 atom stereocenters. The molecule has 4 N–H and O–H groups in total. The summed E-state index contributed by atoms with van der Waals surface area (Å²) in [6.45, 7) is 3.73. The van der Waals surface area contributed by atoms with Crippen molar-refractivity contribution in [3.8, 4) is 5.75 Å². The molecule has 0 aromatic heterocycles. The average molecular weight is 291 g/mol. The van der Waals surface area contributed by atoms with Gasteiger partial charge >= 0.3 is 0 Å². The molecule has 0 saturated heterocycles. The number of carbonyl (C=O) groups is 2. The highest BCUT2D eigenvalue weighted by molar-refractivity contribution is 5.99. The van der Waals surface area contributed by atoms with Gasteiger partial charge in [-0.05, 0) is 31.5 Å². The van der Waals surface area contributed by atoms with Crippen molar-refractivity contribution < 1.29 is 14.3 Å². The van der Waals surface area contributed by atoms with Gasteiger partial charge in [0.1, 0.15) is 5.75 Å². The predicted octanol–water partition coefficient (Wildman–Crippen LogP) is 1.86. The van der Waals surface area contributed by atoms with Crippen molar-refractivity contribution >= 4 is 23.2 Å². The molecule has 21 heavy (non-hydrogen) atoms. The van der Waals surface area contributed by atoms with Crippen molar-refractivity contribution in [1.82, 2.24) is 0 Å². The zero-order chi connectivity index (χ0) is 15.4. The number of anilines is 2. The summed E-state index contributed by atoms with van der Waals surface area (Å²) < 4.78 is 5.46. The molecule has 0 radical (unpaired) electrons. The summed E-state index contributed by atoms with van der Waals surface area (Å²) in [5.74, 6) is 0.167. The first kappa shape index (κ1) is 15.3. The average Bonchev–Trinajstić information content (AvgIpc) is 2.46. The van der Waals surface area contributed by atoms with E-state index in [2.05, 4.69) is 17.6 Å². The minimum absolute atomic E-state index is 0.203. The zero-order valence-corrected chi connectivity index (χ0v) is 12.3. The van der Waals surface area contributed by atoms with Crippen molar-refractivity contribution in [2.75, 3.05) is 10.6 Å². The standard InChI is InChI=1S/C15H21N3O3/c1-3-4-5-11(16)15(20)17-10-6-7-13-12(8-10)18-14(19)9(2)21-13/h6-9,11H,3-5,16H2,1-2H3,(H,17,20)(H,18,19)/t9?,11-/m0/s1. The molecule has 6 nitrogen and oxygen atoms in total. The molecule has 1 aliphatic heterocycles. The SMILES string of the molecule is CCCC[C@H](N)C(=O)Nc1ccc2c(c1)NC(=O)C(C)O2. The Morgan fingerprint density at radius 3 is 3.00 bits per heavy atom. The Kier molecular flexibility index (Phi) is 4.80. The number of ether oxygens (including phenoxy) is 1. The van der Waals surface area contributed by atoms with E-state index in [-0.39, 0.29) is 11.8 Å². The quantitative estimate of drug-likeness (QED) is 0.772. The molecule has 2 amide bonds. The third-order valence-corrected chi connectivity index (χ3v) is 3.38. The maximum atomic E-state index is 11.9. The first-order valence-electron chi connectivity index (χ1n) is 7.19. The van der Waals surface area contributed by atoms with Crippen LogP contribution in [-0.2, 0) is 9.59 Å². The molecule has 0 saturated carbocycles. The van der Waals surface area contributed by atoms with Crippen molar-refractivity contribution in [3.63, 3.8) is 0 Å². The number of hydrogen-bond donors (Lipinski definition) is 3. The number of carbonyl (C=O) groups excluding carboxylic acids is 2. The third kappa shape index (κ3) is 3.72. The predicted molar refractivity (Wildman–Crippen MR) is 81.3 cm³/mol. The molecular weight excluding hydrogens is 270 g/mol. The molecule has 0 fully saturated rings. The zero-order valence-electron chi connectivity index (χ0n) is 12.3. The first-order chi connectivity index (χ1) is 10.0. The highest BCUT2D eigenvalue weighted by atomic mass is 16.5. The summed E-state index contributed by atoms with van der Waals surface area (Å²) in [5.41, 5.74) is 6.96. The normalized spacial score (nSPS) is 18.2. The second-order valence-electron chi connectivity index (χ2n) is 5.20. The van der Waals surface area contributed by atoms with Gasteiger partial charge in [-0.1, -0.05) is 19.8 Å². The maximum Gasteiger partial charge on any atom is 0.265 e. The molecule has 0 aliphatic carbocycles. The van der Waals surface area contributed by atoms with Crippen LogP contribution in [0.1, 0.15) is 33.1 Å². The van der Waals surface area contributed by atoms with Gasteiger partial charge < -0.3 is 21.1 Å². The number of amides is 2. The Morgan fingerprint density at radius 1 is 1.52 bits per heavy atom. The van der Waals surface area contributed by atoms with E-state index in [0.29, 0.717) is 23.5 Å². The number of rotatable bonds is 5.